The Kier molecular flexibility index (Phi) is 6.68. The maximum absolute atomic E-state index is 5.08. The van der Waals surface area contributed by atoms with Crippen LogP contribution in [0.2, 0.25) is 0 Å². The lowest BCUT2D eigenvalue weighted by atomic mass is 10.0. The van der Waals surface area contributed by atoms with E-state index in [1.165, 1.54) is 58.8 Å². The van der Waals surface area contributed by atoms with Gasteiger partial charge in [0.1, 0.15) is 0 Å². The molecule has 0 unspecified atom stereocenters. The number of thiophene rings is 1. The Morgan fingerprint density at radius 3 is 1.68 bits per heavy atom. The molecule has 0 saturated heterocycles. The van der Waals surface area contributed by atoms with E-state index < -0.39 is 0 Å². The summed E-state index contributed by atoms with van der Waals surface area (Å²) >= 11 is 1.84. The fourth-order valence-corrected chi connectivity index (χ4v) is 8.32. The van der Waals surface area contributed by atoms with Gasteiger partial charge in [-0.2, -0.15) is 0 Å². The van der Waals surface area contributed by atoms with Gasteiger partial charge in [-0.15, -0.1) is 11.3 Å². The van der Waals surface area contributed by atoms with Crippen molar-refractivity contribution in [2.75, 3.05) is 0 Å². The van der Waals surface area contributed by atoms with Crippen molar-refractivity contribution in [2.45, 2.75) is 0 Å². The number of hydrogen-bond acceptors (Lipinski definition) is 3. The lowest BCUT2D eigenvalue weighted by Gasteiger charge is -2.09. The number of hydrogen-bond donors (Lipinski definition) is 0. The van der Waals surface area contributed by atoms with E-state index in [2.05, 4.69) is 168 Å². The van der Waals surface area contributed by atoms with Crippen molar-refractivity contribution in [3.8, 4) is 50.7 Å². The third-order valence-electron chi connectivity index (χ3n) is 9.62. The van der Waals surface area contributed by atoms with Gasteiger partial charge in [-0.25, -0.2) is 9.97 Å². The number of para-hydroxylation sites is 2. The minimum Gasteiger partial charge on any atom is -0.309 e. The lowest BCUT2D eigenvalue weighted by Crippen LogP contribution is -1.95. The van der Waals surface area contributed by atoms with Gasteiger partial charge in [0.2, 0.25) is 0 Å². The first-order valence-electron chi connectivity index (χ1n) is 16.8. The fraction of sp³-hybridized carbons (Fsp3) is 0. The van der Waals surface area contributed by atoms with E-state index >= 15 is 0 Å². The highest BCUT2D eigenvalue weighted by Gasteiger charge is 2.16. The van der Waals surface area contributed by atoms with E-state index in [-0.39, 0.29) is 0 Å². The molecule has 50 heavy (non-hydrogen) atoms. The van der Waals surface area contributed by atoms with Crippen LogP contribution in [0, 0.1) is 0 Å². The van der Waals surface area contributed by atoms with Crippen molar-refractivity contribution in [2.24, 2.45) is 0 Å². The monoisotopic (exact) mass is 655 g/mol. The highest BCUT2D eigenvalue weighted by molar-refractivity contribution is 7.25. The van der Waals surface area contributed by atoms with Gasteiger partial charge in [-0.3, -0.25) is 0 Å². The highest BCUT2D eigenvalue weighted by atomic mass is 32.1. The Morgan fingerprint density at radius 1 is 0.360 bits per heavy atom. The molecule has 234 valence electrons. The molecule has 3 heterocycles. The summed E-state index contributed by atoms with van der Waals surface area (Å²) in [6.07, 6.45) is 0. The van der Waals surface area contributed by atoms with Crippen molar-refractivity contribution in [3.63, 3.8) is 0 Å². The second-order valence-electron chi connectivity index (χ2n) is 12.6. The number of fused-ring (bicyclic) bond motifs is 6. The summed E-state index contributed by atoms with van der Waals surface area (Å²) in [5, 5.41) is 5.00. The standard InChI is InChI=1S/C46H29N3S/c1-4-12-30(13-5-1)40-29-41(31-14-6-2-7-15-31)48-46(47-40)34-22-25-44-39(27-34)37-23-20-33(28-45(37)50-44)32-21-24-43-38(26-32)36-18-10-11-19-42(36)49(43)35-16-8-3-9-17-35/h1-29H. The van der Waals surface area contributed by atoms with Crippen LogP contribution < -0.4 is 0 Å². The maximum atomic E-state index is 5.08. The highest BCUT2D eigenvalue weighted by Crippen LogP contribution is 2.40. The fourth-order valence-electron chi connectivity index (χ4n) is 7.19. The lowest BCUT2D eigenvalue weighted by molar-refractivity contribution is 1.18. The van der Waals surface area contributed by atoms with Gasteiger partial charge in [0.15, 0.2) is 5.82 Å². The molecule has 0 fully saturated rings. The summed E-state index contributed by atoms with van der Waals surface area (Å²) in [6.45, 7) is 0. The van der Waals surface area contributed by atoms with E-state index in [0.717, 1.165) is 33.9 Å². The zero-order chi connectivity index (χ0) is 33.0. The van der Waals surface area contributed by atoms with Crippen molar-refractivity contribution in [1.82, 2.24) is 14.5 Å². The minimum atomic E-state index is 0.728. The smallest absolute Gasteiger partial charge is 0.160 e. The predicted molar refractivity (Wildman–Crippen MR) is 211 cm³/mol. The molecule has 0 radical (unpaired) electrons. The summed E-state index contributed by atoms with van der Waals surface area (Å²) in [7, 11) is 0. The second-order valence-corrected chi connectivity index (χ2v) is 13.7. The Labute approximate surface area is 293 Å². The van der Waals surface area contributed by atoms with Crippen LogP contribution in [-0.4, -0.2) is 14.5 Å². The molecule has 10 aromatic rings. The van der Waals surface area contributed by atoms with Gasteiger partial charge in [0.05, 0.1) is 22.4 Å². The van der Waals surface area contributed by atoms with Crippen molar-refractivity contribution >= 4 is 53.3 Å². The molecule has 0 atom stereocenters. The Hall–Kier alpha value is -6.36. The Morgan fingerprint density at radius 2 is 0.940 bits per heavy atom. The third kappa shape index (κ3) is 4.80. The van der Waals surface area contributed by atoms with Crippen LogP contribution in [0.4, 0.5) is 0 Å². The molecule has 0 aliphatic rings. The zero-order valence-electron chi connectivity index (χ0n) is 27.0. The number of benzene rings is 7. The van der Waals surface area contributed by atoms with Gasteiger partial charge in [0.25, 0.3) is 0 Å². The van der Waals surface area contributed by atoms with E-state index in [9.17, 15) is 0 Å². The summed E-state index contributed by atoms with van der Waals surface area (Å²) in [6, 6.07) is 62.5. The molecule has 3 aromatic heterocycles. The van der Waals surface area contributed by atoms with Crippen LogP contribution in [0.3, 0.4) is 0 Å². The second kappa shape index (κ2) is 11.7. The van der Waals surface area contributed by atoms with Gasteiger partial charge in [-0.05, 0) is 71.8 Å². The molecule has 7 aromatic carbocycles. The van der Waals surface area contributed by atoms with E-state index in [4.69, 9.17) is 9.97 Å². The van der Waals surface area contributed by atoms with Crippen molar-refractivity contribution in [1.29, 1.82) is 0 Å². The first-order valence-corrected chi connectivity index (χ1v) is 17.6. The molecular formula is C46H29N3S. The first-order chi connectivity index (χ1) is 24.8. The SMILES string of the molecule is c1ccc(-c2cc(-c3ccccc3)nc(-c3ccc4sc5cc(-c6ccc7c(c6)c6ccccc6n7-c6ccccc6)ccc5c4c3)n2)cc1. The molecule has 0 amide bonds. The van der Waals surface area contributed by atoms with Crippen LogP contribution in [0.1, 0.15) is 0 Å². The molecule has 3 nitrogen and oxygen atoms in total. The summed E-state index contributed by atoms with van der Waals surface area (Å²) < 4.78 is 4.89. The molecule has 0 spiro atoms. The summed E-state index contributed by atoms with van der Waals surface area (Å²) in [4.78, 5) is 10.2. The number of aromatic nitrogens is 3. The normalized spacial score (nSPS) is 11.6. The molecule has 0 bridgehead atoms. The van der Waals surface area contributed by atoms with E-state index in [1.807, 2.05) is 23.5 Å². The molecule has 0 aliphatic carbocycles. The molecule has 0 N–H and O–H groups in total. The van der Waals surface area contributed by atoms with Gasteiger partial charge < -0.3 is 4.57 Å². The predicted octanol–water partition coefficient (Wildman–Crippen LogP) is 12.6. The average Bonchev–Trinajstić information content (AvgIpc) is 3.73. The van der Waals surface area contributed by atoms with Gasteiger partial charge >= 0.3 is 0 Å². The van der Waals surface area contributed by atoms with E-state index in [1.54, 1.807) is 0 Å². The van der Waals surface area contributed by atoms with Crippen LogP contribution >= 0.6 is 11.3 Å². The van der Waals surface area contributed by atoms with Crippen LogP contribution in [0.5, 0.6) is 0 Å². The topological polar surface area (TPSA) is 30.7 Å². The maximum Gasteiger partial charge on any atom is 0.160 e. The van der Waals surface area contributed by atoms with Gasteiger partial charge in [-0.1, -0.05) is 115 Å². The number of nitrogens with zero attached hydrogens (tertiary/aromatic N) is 3. The van der Waals surface area contributed by atoms with Gasteiger partial charge in [0, 0.05) is 53.3 Å². The first kappa shape index (κ1) is 28.6. The molecule has 4 heteroatoms. The molecule has 10 rings (SSSR count). The number of rotatable bonds is 5. The quantitative estimate of drug-likeness (QED) is 0.185. The molecule has 0 aliphatic heterocycles. The molecular weight excluding hydrogens is 627 g/mol. The third-order valence-corrected chi connectivity index (χ3v) is 10.7. The Bertz CT molecular complexity index is 2800. The van der Waals surface area contributed by atoms with Crippen LogP contribution in [0.25, 0.3) is 92.7 Å². The van der Waals surface area contributed by atoms with E-state index in [0.29, 0.717) is 0 Å². The zero-order valence-corrected chi connectivity index (χ0v) is 27.8. The van der Waals surface area contributed by atoms with Crippen LogP contribution in [0.15, 0.2) is 176 Å². The summed E-state index contributed by atoms with van der Waals surface area (Å²) in [5.41, 5.74) is 11.0. The average molecular weight is 656 g/mol. The Balaban J connectivity index is 1.08. The van der Waals surface area contributed by atoms with Crippen LogP contribution in [-0.2, 0) is 0 Å². The largest absolute Gasteiger partial charge is 0.309 e. The van der Waals surface area contributed by atoms with Crippen molar-refractivity contribution in [3.05, 3.63) is 176 Å². The minimum absolute atomic E-state index is 0.728. The van der Waals surface area contributed by atoms with Crippen molar-refractivity contribution < 1.29 is 0 Å². The molecule has 0 saturated carbocycles. The summed E-state index contributed by atoms with van der Waals surface area (Å²) in [5.74, 6) is 0.728.